The van der Waals surface area contributed by atoms with Gasteiger partial charge in [-0.2, -0.15) is 5.10 Å². The number of fused-ring (bicyclic) bond motifs is 1. The van der Waals surface area contributed by atoms with Crippen molar-refractivity contribution in [1.29, 1.82) is 0 Å². The fourth-order valence-corrected chi connectivity index (χ4v) is 4.10. The molecule has 1 atom stereocenters. The van der Waals surface area contributed by atoms with Gasteiger partial charge in [0.15, 0.2) is 5.65 Å². The maximum atomic E-state index is 12.6. The van der Waals surface area contributed by atoms with Crippen LogP contribution >= 0.6 is 0 Å². The summed E-state index contributed by atoms with van der Waals surface area (Å²) >= 11 is 0. The number of nitrogens with one attached hydrogen (secondary N) is 1. The van der Waals surface area contributed by atoms with Crippen molar-refractivity contribution >= 4 is 22.8 Å². The molecule has 0 aliphatic carbocycles. The summed E-state index contributed by atoms with van der Waals surface area (Å²) in [6.07, 6.45) is -2.74. The molecule has 36 heavy (non-hydrogen) atoms. The van der Waals surface area contributed by atoms with E-state index in [1.165, 1.54) is 28.9 Å². The van der Waals surface area contributed by atoms with Gasteiger partial charge < -0.3 is 24.8 Å². The van der Waals surface area contributed by atoms with E-state index in [2.05, 4.69) is 20.1 Å². The molecule has 2 aromatic heterocycles. The maximum absolute atomic E-state index is 12.6. The van der Waals surface area contributed by atoms with Crippen molar-refractivity contribution in [3.8, 4) is 11.4 Å². The second-order valence-electron chi connectivity index (χ2n) is 9.53. The topological polar surface area (TPSA) is 102 Å². The van der Waals surface area contributed by atoms with Crippen molar-refractivity contribution < 1.29 is 32.5 Å². The molecule has 2 N–H and O–H groups in total. The van der Waals surface area contributed by atoms with Crippen LogP contribution in [-0.4, -0.2) is 57.1 Å². The van der Waals surface area contributed by atoms with Crippen LogP contribution in [-0.2, 0) is 11.3 Å². The third kappa shape index (κ3) is 6.17. The van der Waals surface area contributed by atoms with Crippen LogP contribution in [0.4, 0.5) is 23.7 Å². The average Bonchev–Trinajstić information content (AvgIpc) is 3.15. The minimum atomic E-state index is -4.80. The zero-order valence-corrected chi connectivity index (χ0v) is 20.2. The normalized spacial score (nSPS) is 16.8. The predicted octanol–water partition coefficient (Wildman–Crippen LogP) is 4.30. The lowest BCUT2D eigenvalue weighted by molar-refractivity contribution is -0.274. The lowest BCUT2D eigenvalue weighted by atomic mass is 10.1. The van der Waals surface area contributed by atoms with Crippen LogP contribution in [0.1, 0.15) is 39.3 Å². The predicted molar refractivity (Wildman–Crippen MR) is 126 cm³/mol. The van der Waals surface area contributed by atoms with Gasteiger partial charge in [0.1, 0.15) is 11.4 Å². The molecule has 0 spiro atoms. The Morgan fingerprint density at radius 2 is 1.92 bits per heavy atom. The van der Waals surface area contributed by atoms with Gasteiger partial charge in [-0.3, -0.25) is 0 Å². The number of nitrogens with zero attached hydrogens (tertiary/aromatic N) is 4. The highest BCUT2D eigenvalue weighted by Gasteiger charge is 2.31. The number of β-amino-alcohol motifs (C(OH)–C–C–N with tert-alkyl or cyclic N) is 1. The number of carbonyl (C=O) groups is 1. The molecule has 1 aromatic carbocycles. The summed E-state index contributed by atoms with van der Waals surface area (Å²) in [6, 6.07) is 7.10. The van der Waals surface area contributed by atoms with Gasteiger partial charge in [-0.05, 0) is 63.9 Å². The summed E-state index contributed by atoms with van der Waals surface area (Å²) in [5, 5.41) is 18.2. The molecule has 0 radical (unpaired) electrons. The highest BCUT2D eigenvalue weighted by Crippen LogP contribution is 2.32. The molecule has 1 aliphatic rings. The van der Waals surface area contributed by atoms with E-state index in [9.17, 15) is 23.1 Å². The third-order valence-corrected chi connectivity index (χ3v) is 5.47. The molecule has 1 fully saturated rings. The molecule has 3 aromatic rings. The van der Waals surface area contributed by atoms with Crippen LogP contribution in [0.3, 0.4) is 0 Å². The number of carbonyl (C=O) groups excluding carboxylic acids is 1. The van der Waals surface area contributed by atoms with E-state index < -0.39 is 24.2 Å². The molecule has 0 saturated carbocycles. The van der Waals surface area contributed by atoms with Gasteiger partial charge in [0.2, 0.25) is 0 Å². The van der Waals surface area contributed by atoms with E-state index in [-0.39, 0.29) is 12.3 Å². The Morgan fingerprint density at radius 3 is 2.56 bits per heavy atom. The summed E-state index contributed by atoms with van der Waals surface area (Å²) in [5.74, 6) is -0.356. The van der Waals surface area contributed by atoms with Gasteiger partial charge >= 0.3 is 12.5 Å². The van der Waals surface area contributed by atoms with Gasteiger partial charge in [0, 0.05) is 19.3 Å². The Kier molecular flexibility index (Phi) is 6.98. The van der Waals surface area contributed by atoms with E-state index in [1.54, 1.807) is 27.0 Å². The Hall–Kier alpha value is -3.54. The highest BCUT2D eigenvalue weighted by atomic mass is 19.4. The van der Waals surface area contributed by atoms with Gasteiger partial charge in [0.25, 0.3) is 0 Å². The standard InChI is InChI=1S/C24H28F3N5O4/c1-23(2,3)36-22(34)29-13-18-20-19(31-12-4-5-16(33)14-31)10-11-28-21(20)32(30-18)15-6-8-17(9-7-15)35-24(25,26)27/h6-11,16,33H,4-5,12-14H2,1-3H3,(H,29,34). The van der Waals surface area contributed by atoms with Crippen molar-refractivity contribution in [3.63, 3.8) is 0 Å². The van der Waals surface area contributed by atoms with Crippen molar-refractivity contribution in [1.82, 2.24) is 20.1 Å². The lowest BCUT2D eigenvalue weighted by Crippen LogP contribution is -2.38. The first-order chi connectivity index (χ1) is 16.9. The lowest BCUT2D eigenvalue weighted by Gasteiger charge is -2.32. The molecule has 3 heterocycles. The molecule has 0 bridgehead atoms. The molecule has 1 amide bonds. The first kappa shape index (κ1) is 25.5. The molecule has 9 nitrogen and oxygen atoms in total. The summed E-state index contributed by atoms with van der Waals surface area (Å²) in [4.78, 5) is 18.8. The van der Waals surface area contributed by atoms with Crippen molar-refractivity contribution in [3.05, 3.63) is 42.2 Å². The molecule has 1 saturated heterocycles. The SMILES string of the molecule is CC(C)(C)OC(=O)NCc1nn(-c2ccc(OC(F)(F)F)cc2)c2nccc(N3CCCC(O)C3)c12. The first-order valence-electron chi connectivity index (χ1n) is 11.5. The quantitative estimate of drug-likeness (QED) is 0.531. The van der Waals surface area contributed by atoms with Crippen molar-refractivity contribution in [2.75, 3.05) is 18.0 Å². The van der Waals surface area contributed by atoms with Gasteiger partial charge in [-0.25, -0.2) is 14.5 Å². The summed E-state index contributed by atoms with van der Waals surface area (Å²) in [7, 11) is 0. The smallest absolute Gasteiger partial charge is 0.444 e. The zero-order chi connectivity index (χ0) is 26.1. The molecule has 12 heteroatoms. The van der Waals surface area contributed by atoms with E-state index in [0.29, 0.717) is 35.4 Å². The van der Waals surface area contributed by atoms with Crippen LogP contribution in [0.15, 0.2) is 36.5 Å². The number of alkyl carbamates (subject to hydrolysis) is 1. The second kappa shape index (κ2) is 9.84. The summed E-state index contributed by atoms with van der Waals surface area (Å²) < 4.78 is 48.5. The van der Waals surface area contributed by atoms with Crippen LogP contribution < -0.4 is 15.0 Å². The number of rotatable bonds is 5. The number of hydrogen-bond donors (Lipinski definition) is 2. The second-order valence-corrected chi connectivity index (χ2v) is 9.53. The average molecular weight is 508 g/mol. The summed E-state index contributed by atoms with van der Waals surface area (Å²) in [6.45, 7) is 6.46. The molecule has 4 rings (SSSR count). The molecular weight excluding hydrogens is 479 g/mol. The number of aliphatic hydroxyl groups is 1. The van der Waals surface area contributed by atoms with Crippen molar-refractivity contribution in [2.24, 2.45) is 0 Å². The molecule has 1 aliphatic heterocycles. The van der Waals surface area contributed by atoms with Gasteiger partial charge in [-0.1, -0.05) is 0 Å². The number of benzene rings is 1. The molecule has 1 unspecified atom stereocenters. The third-order valence-electron chi connectivity index (χ3n) is 5.47. The van der Waals surface area contributed by atoms with Gasteiger partial charge in [0.05, 0.1) is 35.1 Å². The number of aromatic nitrogens is 3. The minimum absolute atomic E-state index is 0.0305. The van der Waals surface area contributed by atoms with E-state index in [0.717, 1.165) is 18.7 Å². The van der Waals surface area contributed by atoms with E-state index >= 15 is 0 Å². The van der Waals surface area contributed by atoms with E-state index in [1.807, 2.05) is 11.0 Å². The highest BCUT2D eigenvalue weighted by molar-refractivity contribution is 5.93. The number of piperidine rings is 1. The van der Waals surface area contributed by atoms with Gasteiger partial charge in [-0.15, -0.1) is 13.2 Å². The Labute approximate surface area is 205 Å². The number of ether oxygens (including phenoxy) is 2. The van der Waals surface area contributed by atoms with Crippen LogP contribution in [0.2, 0.25) is 0 Å². The minimum Gasteiger partial charge on any atom is -0.444 e. The number of amides is 1. The fourth-order valence-electron chi connectivity index (χ4n) is 4.10. The van der Waals surface area contributed by atoms with Crippen molar-refractivity contribution in [2.45, 2.75) is 58.2 Å². The molecule has 194 valence electrons. The summed E-state index contributed by atoms with van der Waals surface area (Å²) in [5.41, 5.74) is 1.53. The Morgan fingerprint density at radius 1 is 1.19 bits per heavy atom. The Balaban J connectivity index is 1.73. The van der Waals surface area contributed by atoms with Crippen LogP contribution in [0, 0.1) is 0 Å². The monoisotopic (exact) mass is 507 g/mol. The number of anilines is 1. The maximum Gasteiger partial charge on any atom is 0.573 e. The number of pyridine rings is 1. The fraction of sp³-hybridized carbons (Fsp3) is 0.458. The Bertz CT molecular complexity index is 1220. The van der Waals surface area contributed by atoms with Crippen LogP contribution in [0.5, 0.6) is 5.75 Å². The van der Waals surface area contributed by atoms with Crippen LogP contribution in [0.25, 0.3) is 16.7 Å². The van der Waals surface area contributed by atoms with E-state index in [4.69, 9.17) is 4.74 Å². The number of hydrogen-bond acceptors (Lipinski definition) is 7. The number of aliphatic hydroxyl groups excluding tert-OH is 1. The number of halogens is 3. The largest absolute Gasteiger partial charge is 0.573 e. The molecular formula is C24H28F3N5O4. The number of alkyl halides is 3. The zero-order valence-electron chi connectivity index (χ0n) is 20.2. The first-order valence-corrected chi connectivity index (χ1v) is 11.5.